The summed E-state index contributed by atoms with van der Waals surface area (Å²) in [5.74, 6) is -2.71. The smallest absolute Gasteiger partial charge is 0.341 e. The fourth-order valence-electron chi connectivity index (χ4n) is 2.44. The number of nitrogens with zero attached hydrogens (tertiary/aromatic N) is 1. The summed E-state index contributed by atoms with van der Waals surface area (Å²) in [5, 5.41) is 0. The summed E-state index contributed by atoms with van der Waals surface area (Å²) < 4.78 is 18.3. The van der Waals surface area contributed by atoms with Gasteiger partial charge >= 0.3 is 5.97 Å². The average molecular weight is 308 g/mol. The number of ether oxygens (including phenoxy) is 1. The molecule has 1 saturated heterocycles. The first kappa shape index (κ1) is 15.9. The molecule has 0 unspecified atom stereocenters. The van der Waals surface area contributed by atoms with E-state index in [2.05, 4.69) is 0 Å². The van der Waals surface area contributed by atoms with Gasteiger partial charge in [0.05, 0.1) is 5.56 Å². The van der Waals surface area contributed by atoms with Crippen LogP contribution in [0.4, 0.5) is 4.39 Å². The molecule has 2 rings (SSSR count). The fraction of sp³-hybridized carbons (Fsp3) is 0.400. The van der Waals surface area contributed by atoms with Gasteiger partial charge in [0, 0.05) is 6.54 Å². The lowest BCUT2D eigenvalue weighted by Crippen LogP contribution is -2.51. The SMILES string of the molecule is NC(=O)[C@@H]1CCCCN1C(=O)COC(=O)c1ccccc1F. The highest BCUT2D eigenvalue weighted by atomic mass is 19.1. The van der Waals surface area contributed by atoms with Crippen molar-refractivity contribution in [2.24, 2.45) is 5.73 Å². The van der Waals surface area contributed by atoms with Gasteiger partial charge in [-0.25, -0.2) is 9.18 Å². The number of likely N-dealkylation sites (tertiary alicyclic amines) is 1. The lowest BCUT2D eigenvalue weighted by Gasteiger charge is -2.33. The quantitative estimate of drug-likeness (QED) is 0.835. The van der Waals surface area contributed by atoms with Crippen molar-refractivity contribution in [2.75, 3.05) is 13.2 Å². The fourth-order valence-corrected chi connectivity index (χ4v) is 2.44. The number of rotatable bonds is 4. The van der Waals surface area contributed by atoms with E-state index < -0.39 is 36.2 Å². The molecule has 1 atom stereocenters. The summed E-state index contributed by atoms with van der Waals surface area (Å²) in [6, 6.07) is 4.67. The van der Waals surface area contributed by atoms with E-state index in [1.54, 1.807) is 0 Å². The summed E-state index contributed by atoms with van der Waals surface area (Å²) in [5.41, 5.74) is 5.04. The first-order valence-corrected chi connectivity index (χ1v) is 7.01. The van der Waals surface area contributed by atoms with Crippen LogP contribution in [0.1, 0.15) is 29.6 Å². The van der Waals surface area contributed by atoms with Crippen molar-refractivity contribution in [3.63, 3.8) is 0 Å². The lowest BCUT2D eigenvalue weighted by molar-refractivity contribution is -0.143. The van der Waals surface area contributed by atoms with E-state index in [1.807, 2.05) is 0 Å². The van der Waals surface area contributed by atoms with Crippen LogP contribution in [0, 0.1) is 5.82 Å². The Kier molecular flexibility index (Phi) is 5.08. The summed E-state index contributed by atoms with van der Waals surface area (Å²) in [6.07, 6.45) is 2.07. The maximum absolute atomic E-state index is 13.4. The molecule has 7 heteroatoms. The average Bonchev–Trinajstić information content (AvgIpc) is 2.52. The number of carbonyl (C=O) groups is 3. The van der Waals surface area contributed by atoms with Crippen molar-refractivity contribution in [1.82, 2.24) is 4.90 Å². The van der Waals surface area contributed by atoms with Gasteiger partial charge in [0.1, 0.15) is 11.9 Å². The van der Waals surface area contributed by atoms with E-state index in [0.29, 0.717) is 13.0 Å². The minimum atomic E-state index is -0.918. The Hall–Kier alpha value is -2.44. The molecule has 2 amide bonds. The minimum Gasteiger partial charge on any atom is -0.452 e. The zero-order chi connectivity index (χ0) is 16.1. The number of esters is 1. The van der Waals surface area contributed by atoms with Crippen LogP contribution in [-0.2, 0) is 14.3 Å². The maximum Gasteiger partial charge on any atom is 0.341 e. The number of nitrogens with two attached hydrogens (primary N) is 1. The van der Waals surface area contributed by atoms with Crippen LogP contribution in [0.2, 0.25) is 0 Å². The molecule has 1 fully saturated rings. The highest BCUT2D eigenvalue weighted by Crippen LogP contribution is 2.17. The van der Waals surface area contributed by atoms with E-state index in [0.717, 1.165) is 18.9 Å². The molecule has 6 nitrogen and oxygen atoms in total. The predicted molar refractivity (Wildman–Crippen MR) is 75.2 cm³/mol. The van der Waals surface area contributed by atoms with Gasteiger partial charge in [0.2, 0.25) is 5.91 Å². The molecule has 0 aromatic heterocycles. The molecule has 22 heavy (non-hydrogen) atoms. The van der Waals surface area contributed by atoms with Gasteiger partial charge in [-0.3, -0.25) is 9.59 Å². The number of benzene rings is 1. The third-order valence-electron chi connectivity index (χ3n) is 3.57. The van der Waals surface area contributed by atoms with E-state index in [9.17, 15) is 18.8 Å². The number of primary amides is 1. The van der Waals surface area contributed by atoms with Gasteiger partial charge in [-0.1, -0.05) is 12.1 Å². The van der Waals surface area contributed by atoms with E-state index in [1.165, 1.54) is 23.1 Å². The van der Waals surface area contributed by atoms with Crippen molar-refractivity contribution in [3.8, 4) is 0 Å². The molecule has 1 heterocycles. The maximum atomic E-state index is 13.4. The Balaban J connectivity index is 1.96. The standard InChI is InChI=1S/C15H17FN2O4/c16-11-6-2-1-5-10(11)15(21)22-9-13(19)18-8-4-3-7-12(18)14(17)20/h1-2,5-6,12H,3-4,7-9H2,(H2,17,20)/t12-/m0/s1. The van der Waals surface area contributed by atoms with Crippen LogP contribution in [-0.4, -0.2) is 41.9 Å². The molecular weight excluding hydrogens is 291 g/mol. The summed E-state index contributed by atoms with van der Waals surface area (Å²) in [4.78, 5) is 36.5. The number of halogens is 1. The predicted octanol–water partition coefficient (Wildman–Crippen LogP) is 0.849. The Labute approximate surface area is 127 Å². The Morgan fingerprint density at radius 1 is 1.27 bits per heavy atom. The first-order chi connectivity index (χ1) is 10.5. The van der Waals surface area contributed by atoms with Crippen molar-refractivity contribution >= 4 is 17.8 Å². The van der Waals surface area contributed by atoms with Crippen LogP contribution < -0.4 is 5.73 Å². The number of hydrogen-bond donors (Lipinski definition) is 1. The van der Waals surface area contributed by atoms with Crippen LogP contribution in [0.3, 0.4) is 0 Å². The second kappa shape index (κ2) is 7.02. The monoisotopic (exact) mass is 308 g/mol. The van der Waals surface area contributed by atoms with Gasteiger partial charge in [0.15, 0.2) is 6.61 Å². The molecule has 1 aliphatic rings. The van der Waals surface area contributed by atoms with Crippen molar-refractivity contribution in [1.29, 1.82) is 0 Å². The summed E-state index contributed by atoms with van der Waals surface area (Å²) in [6.45, 7) is -0.152. The van der Waals surface area contributed by atoms with E-state index >= 15 is 0 Å². The van der Waals surface area contributed by atoms with Crippen LogP contribution in [0.15, 0.2) is 24.3 Å². The van der Waals surface area contributed by atoms with Crippen molar-refractivity contribution in [3.05, 3.63) is 35.6 Å². The molecule has 118 valence electrons. The molecule has 1 aromatic rings. The molecule has 0 spiro atoms. The molecule has 0 saturated carbocycles. The number of carbonyl (C=O) groups excluding carboxylic acids is 3. The van der Waals surface area contributed by atoms with Crippen LogP contribution >= 0.6 is 0 Å². The molecule has 2 N–H and O–H groups in total. The molecule has 1 aliphatic heterocycles. The molecule has 1 aromatic carbocycles. The van der Waals surface area contributed by atoms with Crippen molar-refractivity contribution < 1.29 is 23.5 Å². The van der Waals surface area contributed by atoms with Gasteiger partial charge in [-0.15, -0.1) is 0 Å². The normalized spacial score (nSPS) is 17.9. The van der Waals surface area contributed by atoms with Crippen LogP contribution in [0.5, 0.6) is 0 Å². The molecule has 0 aliphatic carbocycles. The second-order valence-corrected chi connectivity index (χ2v) is 5.06. The van der Waals surface area contributed by atoms with Gasteiger partial charge in [0.25, 0.3) is 5.91 Å². The Morgan fingerprint density at radius 3 is 2.68 bits per heavy atom. The lowest BCUT2D eigenvalue weighted by atomic mass is 10.0. The topological polar surface area (TPSA) is 89.7 Å². The van der Waals surface area contributed by atoms with Crippen LogP contribution in [0.25, 0.3) is 0 Å². The van der Waals surface area contributed by atoms with E-state index in [-0.39, 0.29) is 5.56 Å². The number of amides is 2. The summed E-state index contributed by atoms with van der Waals surface area (Å²) in [7, 11) is 0. The largest absolute Gasteiger partial charge is 0.452 e. The van der Waals surface area contributed by atoms with E-state index in [4.69, 9.17) is 10.5 Å². The number of hydrogen-bond acceptors (Lipinski definition) is 4. The van der Waals surface area contributed by atoms with Gasteiger partial charge in [-0.05, 0) is 31.4 Å². The molecular formula is C15H17FN2O4. The number of piperidine rings is 1. The zero-order valence-corrected chi connectivity index (χ0v) is 12.0. The summed E-state index contributed by atoms with van der Waals surface area (Å²) >= 11 is 0. The zero-order valence-electron chi connectivity index (χ0n) is 12.0. The third-order valence-corrected chi connectivity index (χ3v) is 3.57. The minimum absolute atomic E-state index is 0.236. The molecule has 0 bridgehead atoms. The third kappa shape index (κ3) is 3.60. The molecule has 0 radical (unpaired) electrons. The Bertz CT molecular complexity index is 591. The first-order valence-electron chi connectivity index (χ1n) is 7.01. The van der Waals surface area contributed by atoms with Gasteiger partial charge in [-0.2, -0.15) is 0 Å². The highest BCUT2D eigenvalue weighted by Gasteiger charge is 2.31. The second-order valence-electron chi connectivity index (χ2n) is 5.06. The highest BCUT2D eigenvalue weighted by molar-refractivity contribution is 5.92. The Morgan fingerprint density at radius 2 is 2.00 bits per heavy atom. The van der Waals surface area contributed by atoms with Crippen molar-refractivity contribution in [2.45, 2.75) is 25.3 Å². The van der Waals surface area contributed by atoms with Gasteiger partial charge < -0.3 is 15.4 Å².